The topological polar surface area (TPSA) is 89.2 Å². The van der Waals surface area contributed by atoms with Crippen molar-refractivity contribution in [1.29, 1.82) is 0 Å². The van der Waals surface area contributed by atoms with Gasteiger partial charge in [0.05, 0.1) is 6.20 Å². The molecule has 9 heteroatoms. The third kappa shape index (κ3) is 3.73. The van der Waals surface area contributed by atoms with Gasteiger partial charge in [-0.1, -0.05) is 6.42 Å². The van der Waals surface area contributed by atoms with Crippen molar-refractivity contribution in [2.75, 3.05) is 18.4 Å². The van der Waals surface area contributed by atoms with Crippen molar-refractivity contribution in [1.82, 2.24) is 18.7 Å². The Morgan fingerprint density at radius 2 is 1.96 bits per heavy atom. The molecule has 0 radical (unpaired) electrons. The number of carbonyl (C=O) groups is 1. The van der Waals surface area contributed by atoms with Crippen molar-refractivity contribution >= 4 is 21.7 Å². The highest BCUT2D eigenvalue weighted by molar-refractivity contribution is 7.89. The summed E-state index contributed by atoms with van der Waals surface area (Å²) >= 11 is 0. The Labute approximate surface area is 165 Å². The number of nitrogens with zero attached hydrogens (tertiary/aromatic N) is 4. The number of hydrogen-bond donors (Lipinski definition) is 1. The number of sulfonamides is 1. The zero-order valence-corrected chi connectivity index (χ0v) is 17.2. The van der Waals surface area contributed by atoms with Crippen molar-refractivity contribution in [2.45, 2.75) is 50.5 Å². The van der Waals surface area contributed by atoms with Crippen molar-refractivity contribution in [2.24, 2.45) is 13.0 Å². The molecule has 0 spiro atoms. The number of piperidine rings is 1. The third-order valence-corrected chi connectivity index (χ3v) is 7.41. The van der Waals surface area contributed by atoms with Gasteiger partial charge in [0.1, 0.15) is 16.4 Å². The van der Waals surface area contributed by atoms with E-state index in [1.165, 1.54) is 29.4 Å². The van der Waals surface area contributed by atoms with Crippen LogP contribution in [0.15, 0.2) is 23.4 Å². The summed E-state index contributed by atoms with van der Waals surface area (Å²) in [5.41, 5.74) is 1.21. The van der Waals surface area contributed by atoms with E-state index >= 15 is 0 Å². The Kier molecular flexibility index (Phi) is 5.05. The number of aryl methyl sites for hydroxylation is 2. The smallest absolute Gasteiger partial charge is 0.273 e. The monoisotopic (exact) mass is 405 g/mol. The Hall–Kier alpha value is -2.13. The molecule has 1 aliphatic carbocycles. The summed E-state index contributed by atoms with van der Waals surface area (Å²) in [4.78, 5) is 13.0. The SMILES string of the molecule is Cc1cnn(CC2CC2)c1NC(=O)c1cc(S(=O)(=O)N2CCCCC2)cn1C. The molecule has 1 amide bonds. The van der Waals surface area contributed by atoms with E-state index in [1.807, 2.05) is 11.6 Å². The van der Waals surface area contributed by atoms with Gasteiger partial charge in [0, 0.05) is 38.4 Å². The van der Waals surface area contributed by atoms with Crippen LogP contribution in [0.5, 0.6) is 0 Å². The van der Waals surface area contributed by atoms with Gasteiger partial charge in [-0.15, -0.1) is 0 Å². The van der Waals surface area contributed by atoms with Gasteiger partial charge < -0.3 is 9.88 Å². The molecule has 1 aliphatic heterocycles. The lowest BCUT2D eigenvalue weighted by Crippen LogP contribution is -2.35. The fourth-order valence-corrected chi connectivity index (χ4v) is 5.24. The largest absolute Gasteiger partial charge is 0.345 e. The van der Waals surface area contributed by atoms with Crippen LogP contribution in [0.3, 0.4) is 0 Å². The van der Waals surface area contributed by atoms with E-state index < -0.39 is 10.0 Å². The summed E-state index contributed by atoms with van der Waals surface area (Å²) in [7, 11) is -1.88. The van der Waals surface area contributed by atoms with Crippen LogP contribution in [0.2, 0.25) is 0 Å². The summed E-state index contributed by atoms with van der Waals surface area (Å²) in [6, 6.07) is 1.47. The summed E-state index contributed by atoms with van der Waals surface area (Å²) in [6.45, 7) is 3.78. The van der Waals surface area contributed by atoms with E-state index in [2.05, 4.69) is 10.4 Å². The van der Waals surface area contributed by atoms with Gasteiger partial charge in [-0.2, -0.15) is 9.40 Å². The molecule has 1 saturated carbocycles. The van der Waals surface area contributed by atoms with Gasteiger partial charge in [-0.3, -0.25) is 4.79 Å². The Morgan fingerprint density at radius 1 is 1.25 bits per heavy atom. The molecule has 2 aromatic heterocycles. The number of rotatable bonds is 6. The minimum absolute atomic E-state index is 0.172. The molecule has 8 nitrogen and oxygen atoms in total. The molecule has 0 unspecified atom stereocenters. The molecule has 1 saturated heterocycles. The van der Waals surface area contributed by atoms with Gasteiger partial charge in [-0.25, -0.2) is 13.1 Å². The van der Waals surface area contributed by atoms with Crippen molar-refractivity contribution in [3.05, 3.63) is 29.7 Å². The van der Waals surface area contributed by atoms with E-state index in [9.17, 15) is 13.2 Å². The van der Waals surface area contributed by atoms with E-state index in [1.54, 1.807) is 17.8 Å². The Morgan fingerprint density at radius 3 is 2.64 bits per heavy atom. The van der Waals surface area contributed by atoms with Gasteiger partial charge >= 0.3 is 0 Å². The molecule has 2 aliphatic rings. The van der Waals surface area contributed by atoms with Crippen LogP contribution in [-0.2, 0) is 23.6 Å². The van der Waals surface area contributed by atoms with Crippen molar-refractivity contribution in [3.63, 3.8) is 0 Å². The molecule has 0 aromatic carbocycles. The van der Waals surface area contributed by atoms with Crippen molar-refractivity contribution in [3.8, 4) is 0 Å². The molecule has 0 bridgehead atoms. The molecular formula is C19H27N5O3S. The van der Waals surface area contributed by atoms with Gasteiger partial charge in [0.2, 0.25) is 10.0 Å². The molecular weight excluding hydrogens is 378 g/mol. The Balaban J connectivity index is 1.55. The third-order valence-electron chi connectivity index (χ3n) is 5.55. The van der Waals surface area contributed by atoms with Crippen LogP contribution >= 0.6 is 0 Å². The number of hydrogen-bond acceptors (Lipinski definition) is 4. The maximum absolute atomic E-state index is 12.9. The first-order chi connectivity index (χ1) is 13.4. The number of amides is 1. The first-order valence-corrected chi connectivity index (χ1v) is 11.3. The average molecular weight is 406 g/mol. The molecule has 0 atom stereocenters. The lowest BCUT2D eigenvalue weighted by atomic mass is 10.2. The minimum Gasteiger partial charge on any atom is -0.345 e. The highest BCUT2D eigenvalue weighted by Gasteiger charge is 2.29. The molecule has 152 valence electrons. The van der Waals surface area contributed by atoms with E-state index in [4.69, 9.17) is 0 Å². The second kappa shape index (κ2) is 7.36. The lowest BCUT2D eigenvalue weighted by molar-refractivity contribution is 0.101. The van der Waals surface area contributed by atoms with Crippen LogP contribution in [0.1, 0.15) is 48.2 Å². The Bertz CT molecular complexity index is 981. The number of aromatic nitrogens is 3. The number of anilines is 1. The van der Waals surface area contributed by atoms with Gasteiger partial charge in [-0.05, 0) is 44.6 Å². The zero-order chi connectivity index (χ0) is 19.9. The summed E-state index contributed by atoms with van der Waals surface area (Å²) < 4.78 is 30.7. The van der Waals surface area contributed by atoms with Crippen molar-refractivity contribution < 1.29 is 13.2 Å². The van der Waals surface area contributed by atoms with Crippen LogP contribution < -0.4 is 5.32 Å². The normalized spacial score (nSPS) is 18.4. The van der Waals surface area contributed by atoms with Gasteiger partial charge in [0.15, 0.2) is 0 Å². The maximum atomic E-state index is 12.9. The lowest BCUT2D eigenvalue weighted by Gasteiger charge is -2.25. The minimum atomic E-state index is -3.57. The average Bonchev–Trinajstić information content (AvgIpc) is 3.32. The molecule has 2 aromatic rings. The van der Waals surface area contributed by atoms with Crippen LogP contribution in [-0.4, -0.2) is 46.1 Å². The number of carbonyl (C=O) groups excluding carboxylic acids is 1. The molecule has 1 N–H and O–H groups in total. The van der Waals surface area contributed by atoms with E-state index in [0.29, 0.717) is 30.5 Å². The maximum Gasteiger partial charge on any atom is 0.273 e. The fraction of sp³-hybridized carbons (Fsp3) is 0.579. The van der Waals surface area contributed by atoms with E-state index in [-0.39, 0.29) is 10.8 Å². The standard InChI is InChI=1S/C19H27N5O3S/c1-14-11-20-24(12-15-6-7-15)18(14)21-19(25)17-10-16(13-22(17)2)28(26,27)23-8-4-3-5-9-23/h10-11,13,15H,3-9,12H2,1-2H3,(H,21,25). The summed E-state index contributed by atoms with van der Waals surface area (Å²) in [5, 5.41) is 7.29. The highest BCUT2D eigenvalue weighted by Crippen LogP contribution is 2.32. The second-order valence-electron chi connectivity index (χ2n) is 7.89. The molecule has 4 rings (SSSR count). The fourth-order valence-electron chi connectivity index (χ4n) is 3.65. The first kappa shape index (κ1) is 19.2. The molecule has 3 heterocycles. The van der Waals surface area contributed by atoms with Crippen LogP contribution in [0.4, 0.5) is 5.82 Å². The molecule has 28 heavy (non-hydrogen) atoms. The quantitative estimate of drug-likeness (QED) is 0.799. The molecule has 2 fully saturated rings. The number of nitrogens with one attached hydrogen (secondary N) is 1. The van der Waals surface area contributed by atoms with Crippen LogP contribution in [0, 0.1) is 12.8 Å². The van der Waals surface area contributed by atoms with E-state index in [0.717, 1.165) is 31.4 Å². The predicted octanol–water partition coefficient (Wildman–Crippen LogP) is 2.37. The summed E-state index contributed by atoms with van der Waals surface area (Å²) in [5.74, 6) is 0.980. The second-order valence-corrected chi connectivity index (χ2v) is 9.83. The summed E-state index contributed by atoms with van der Waals surface area (Å²) in [6.07, 6.45) is 8.47. The predicted molar refractivity (Wildman–Crippen MR) is 106 cm³/mol. The van der Waals surface area contributed by atoms with Gasteiger partial charge in [0.25, 0.3) is 5.91 Å². The first-order valence-electron chi connectivity index (χ1n) is 9.86. The highest BCUT2D eigenvalue weighted by atomic mass is 32.2. The van der Waals surface area contributed by atoms with Crippen LogP contribution in [0.25, 0.3) is 0 Å². The zero-order valence-electron chi connectivity index (χ0n) is 16.4.